The normalized spacial score (nSPS) is 30.1. The lowest BCUT2D eigenvalue weighted by molar-refractivity contribution is -0.906. The number of aliphatic hydroxyl groups excluding tert-OH is 1. The third-order valence-corrected chi connectivity index (χ3v) is 9.96. The number of fused-ring (bicyclic) bond motifs is 2. The molecule has 6 atom stereocenters. The van der Waals surface area contributed by atoms with Gasteiger partial charge in [0, 0.05) is 29.1 Å². The molecular formula is C27H39N6O4S+. The number of carbonyl (C=O) groups excluding carboxylic acids is 2. The lowest BCUT2D eigenvalue weighted by Gasteiger charge is -2.53. The van der Waals surface area contributed by atoms with Crippen molar-refractivity contribution < 1.29 is 24.3 Å². The van der Waals surface area contributed by atoms with E-state index in [4.69, 9.17) is 9.72 Å². The van der Waals surface area contributed by atoms with E-state index in [1.54, 1.807) is 0 Å². The highest BCUT2D eigenvalue weighted by molar-refractivity contribution is 7.15. The summed E-state index contributed by atoms with van der Waals surface area (Å²) in [6, 6.07) is 0. The lowest BCUT2D eigenvalue weighted by atomic mass is 9.53. The number of hydrogen-bond donors (Lipinski definition) is 4. The molecule has 2 fully saturated rings. The van der Waals surface area contributed by atoms with Crippen LogP contribution in [0.1, 0.15) is 60.6 Å². The first-order chi connectivity index (χ1) is 18.3. The van der Waals surface area contributed by atoms with Gasteiger partial charge in [0.05, 0.1) is 44.3 Å². The molecule has 38 heavy (non-hydrogen) atoms. The highest BCUT2D eigenvalue weighted by atomic mass is 32.1. The molecule has 0 unspecified atom stereocenters. The summed E-state index contributed by atoms with van der Waals surface area (Å²) in [5, 5.41) is 18.2. The SMILES string of the molecule is C[C@H](C(=O)NCC[NH+]1CCOCC1)[C@H]1CC[C@]2(C)Cc3sc(NC(=O)c4cnccn4)nc3[C@@H](C)[C@@H]2[C@H]1O. The van der Waals surface area contributed by atoms with Gasteiger partial charge in [-0.05, 0) is 36.5 Å². The number of quaternary nitrogens is 1. The zero-order valence-corrected chi connectivity index (χ0v) is 23.2. The lowest BCUT2D eigenvalue weighted by Crippen LogP contribution is -3.14. The second kappa shape index (κ2) is 11.3. The van der Waals surface area contributed by atoms with Crippen molar-refractivity contribution in [2.45, 2.75) is 52.1 Å². The maximum Gasteiger partial charge on any atom is 0.277 e. The molecule has 11 heteroatoms. The van der Waals surface area contributed by atoms with Crippen LogP contribution in [0.4, 0.5) is 5.13 Å². The standard InChI is InChI=1S/C27H38N6O4S/c1-16(24(35)30-8-9-33-10-12-37-13-11-33)18-4-5-27(3)14-20-22(17(2)21(27)23(18)34)31-26(38-20)32-25(36)19-15-28-6-7-29-19/h6-7,15-18,21,23,34H,4-5,8-14H2,1-3H3,(H,30,35)(H,31,32,36)/p+1/t16-,17-,18+,21+,23-,27+/m0/s1. The number of nitrogens with one attached hydrogen (secondary N) is 3. The fourth-order valence-electron chi connectivity index (χ4n) is 6.81. The fourth-order valence-corrected chi connectivity index (χ4v) is 8.06. The topological polar surface area (TPSA) is 131 Å². The molecule has 4 N–H and O–H groups in total. The Morgan fingerprint density at radius 2 is 2.11 bits per heavy atom. The van der Waals surface area contributed by atoms with Gasteiger partial charge in [-0.1, -0.05) is 20.8 Å². The highest BCUT2D eigenvalue weighted by Crippen LogP contribution is 2.57. The van der Waals surface area contributed by atoms with Gasteiger partial charge in [-0.3, -0.25) is 19.9 Å². The number of anilines is 1. The second-order valence-electron chi connectivity index (χ2n) is 11.4. The van der Waals surface area contributed by atoms with Crippen molar-refractivity contribution in [1.82, 2.24) is 20.3 Å². The van der Waals surface area contributed by atoms with Crippen molar-refractivity contribution in [3.63, 3.8) is 0 Å². The number of rotatable bonds is 7. The Labute approximate surface area is 227 Å². The zero-order valence-electron chi connectivity index (χ0n) is 22.4. The minimum absolute atomic E-state index is 0.00700. The average Bonchev–Trinajstić information content (AvgIpc) is 3.31. The van der Waals surface area contributed by atoms with Gasteiger partial charge < -0.3 is 20.1 Å². The fraction of sp³-hybridized carbons (Fsp3) is 0.667. The first-order valence-corrected chi connectivity index (χ1v) is 14.5. The molecule has 0 radical (unpaired) electrons. The molecule has 206 valence electrons. The number of hydrogen-bond acceptors (Lipinski definition) is 8. The molecule has 0 spiro atoms. The van der Waals surface area contributed by atoms with Crippen LogP contribution in [0.3, 0.4) is 0 Å². The van der Waals surface area contributed by atoms with Crippen LogP contribution in [-0.4, -0.2) is 77.4 Å². The van der Waals surface area contributed by atoms with E-state index in [-0.39, 0.29) is 46.6 Å². The van der Waals surface area contributed by atoms with Gasteiger partial charge in [0.2, 0.25) is 5.91 Å². The molecule has 1 saturated heterocycles. The Balaban J connectivity index is 1.24. The van der Waals surface area contributed by atoms with Gasteiger partial charge in [0.25, 0.3) is 5.91 Å². The van der Waals surface area contributed by atoms with Crippen LogP contribution >= 0.6 is 11.3 Å². The second-order valence-corrected chi connectivity index (χ2v) is 12.5. The van der Waals surface area contributed by atoms with Crippen LogP contribution in [0.2, 0.25) is 0 Å². The quantitative estimate of drug-likeness (QED) is 0.408. The summed E-state index contributed by atoms with van der Waals surface area (Å²) >= 11 is 1.50. The summed E-state index contributed by atoms with van der Waals surface area (Å²) < 4.78 is 5.41. The first-order valence-electron chi connectivity index (χ1n) is 13.7. The van der Waals surface area contributed by atoms with Crippen molar-refractivity contribution in [3.05, 3.63) is 34.9 Å². The third-order valence-electron chi connectivity index (χ3n) is 8.97. The Morgan fingerprint density at radius 1 is 1.32 bits per heavy atom. The van der Waals surface area contributed by atoms with Crippen LogP contribution in [0.5, 0.6) is 0 Å². The zero-order chi connectivity index (χ0) is 26.9. The first kappa shape index (κ1) is 27.1. The summed E-state index contributed by atoms with van der Waals surface area (Å²) in [7, 11) is 0. The predicted molar refractivity (Wildman–Crippen MR) is 143 cm³/mol. The third kappa shape index (κ3) is 5.47. The van der Waals surface area contributed by atoms with Gasteiger partial charge in [0.15, 0.2) is 5.13 Å². The number of amides is 2. The van der Waals surface area contributed by atoms with Crippen LogP contribution in [0.25, 0.3) is 0 Å². The van der Waals surface area contributed by atoms with E-state index < -0.39 is 6.10 Å². The molecule has 3 aliphatic rings. The minimum atomic E-state index is -0.596. The van der Waals surface area contributed by atoms with Gasteiger partial charge in [-0.15, -0.1) is 11.3 Å². The molecule has 1 aliphatic heterocycles. The van der Waals surface area contributed by atoms with E-state index in [0.29, 0.717) is 11.7 Å². The highest BCUT2D eigenvalue weighted by Gasteiger charge is 2.53. The van der Waals surface area contributed by atoms with Crippen LogP contribution in [0, 0.1) is 23.2 Å². The molecule has 2 aliphatic carbocycles. The number of nitrogens with zero attached hydrogens (tertiary/aromatic N) is 3. The minimum Gasteiger partial charge on any atom is -0.392 e. The average molecular weight is 544 g/mol. The molecule has 3 heterocycles. The molecular weight excluding hydrogens is 504 g/mol. The molecule has 1 saturated carbocycles. The number of ether oxygens (including phenoxy) is 1. The summed E-state index contributed by atoms with van der Waals surface area (Å²) in [6.07, 6.45) is 6.41. The molecule has 2 aromatic heterocycles. The monoisotopic (exact) mass is 543 g/mol. The van der Waals surface area contributed by atoms with Crippen molar-refractivity contribution in [2.75, 3.05) is 44.7 Å². The number of carbonyl (C=O) groups is 2. The number of morpholine rings is 1. The smallest absolute Gasteiger partial charge is 0.277 e. The summed E-state index contributed by atoms with van der Waals surface area (Å²) in [4.78, 5) is 41.1. The Kier molecular flexibility index (Phi) is 8.08. The molecule has 0 aromatic carbocycles. The summed E-state index contributed by atoms with van der Waals surface area (Å²) in [5.74, 6) is -0.664. The molecule has 2 aromatic rings. The maximum atomic E-state index is 13.1. The maximum absolute atomic E-state index is 13.1. The van der Waals surface area contributed by atoms with E-state index in [1.807, 2.05) is 6.92 Å². The molecule has 5 rings (SSSR count). The van der Waals surface area contributed by atoms with E-state index in [2.05, 4.69) is 34.4 Å². The van der Waals surface area contributed by atoms with Gasteiger partial charge in [-0.2, -0.15) is 0 Å². The van der Waals surface area contributed by atoms with Crippen molar-refractivity contribution >= 4 is 28.3 Å². The Bertz CT molecular complexity index is 1140. The van der Waals surface area contributed by atoms with E-state index in [9.17, 15) is 14.7 Å². The van der Waals surface area contributed by atoms with Gasteiger partial charge in [-0.25, -0.2) is 9.97 Å². The Morgan fingerprint density at radius 3 is 2.84 bits per heavy atom. The largest absolute Gasteiger partial charge is 0.392 e. The number of aliphatic hydroxyl groups is 1. The van der Waals surface area contributed by atoms with E-state index >= 15 is 0 Å². The number of aromatic nitrogens is 3. The molecule has 10 nitrogen and oxygen atoms in total. The number of thiazole rings is 1. The predicted octanol–water partition coefficient (Wildman–Crippen LogP) is 0.906. The van der Waals surface area contributed by atoms with Crippen LogP contribution in [-0.2, 0) is 16.0 Å². The van der Waals surface area contributed by atoms with Crippen LogP contribution < -0.4 is 15.5 Å². The van der Waals surface area contributed by atoms with Crippen LogP contribution in [0.15, 0.2) is 18.6 Å². The van der Waals surface area contributed by atoms with Gasteiger partial charge >= 0.3 is 0 Å². The molecule has 2 amide bonds. The van der Waals surface area contributed by atoms with Crippen molar-refractivity contribution in [1.29, 1.82) is 0 Å². The van der Waals surface area contributed by atoms with Gasteiger partial charge in [0.1, 0.15) is 18.8 Å². The van der Waals surface area contributed by atoms with Crippen molar-refractivity contribution in [2.24, 2.45) is 23.2 Å². The molecule has 0 bridgehead atoms. The Hall–Kier alpha value is -2.47. The van der Waals surface area contributed by atoms with E-state index in [0.717, 1.165) is 62.7 Å². The van der Waals surface area contributed by atoms with E-state index in [1.165, 1.54) is 34.8 Å². The summed E-state index contributed by atoms with van der Waals surface area (Å²) in [6.45, 7) is 11.4. The summed E-state index contributed by atoms with van der Waals surface area (Å²) in [5.41, 5.74) is 1.10. The van der Waals surface area contributed by atoms with Crippen molar-refractivity contribution in [3.8, 4) is 0 Å².